The van der Waals surface area contributed by atoms with Crippen molar-refractivity contribution in [2.45, 2.75) is 18.9 Å². The van der Waals surface area contributed by atoms with E-state index in [0.29, 0.717) is 26.1 Å². The Labute approximate surface area is 140 Å². The minimum atomic E-state index is -0.874. The van der Waals surface area contributed by atoms with Gasteiger partial charge in [0.2, 0.25) is 0 Å². The fourth-order valence-corrected chi connectivity index (χ4v) is 3.10. The number of hydrogen-bond donors (Lipinski definition) is 1. The Morgan fingerprint density at radius 2 is 1.76 bits per heavy atom. The van der Waals surface area contributed by atoms with Crippen LogP contribution in [0.1, 0.15) is 12.8 Å². The number of rotatable bonds is 2. The van der Waals surface area contributed by atoms with Crippen LogP contribution in [-0.2, 0) is 4.74 Å². The highest BCUT2D eigenvalue weighted by atomic mass is 19.1. The lowest BCUT2D eigenvalue weighted by molar-refractivity contribution is 0.0255. The van der Waals surface area contributed by atoms with E-state index in [0.717, 1.165) is 18.2 Å². The second kappa shape index (κ2) is 6.00. The van der Waals surface area contributed by atoms with Gasteiger partial charge in [-0.1, -0.05) is 0 Å². The minimum Gasteiger partial charge on any atom is -0.508 e. The normalized spacial score (nSPS) is 15.8. The molecule has 1 N–H and O–H groups in total. The van der Waals surface area contributed by atoms with Crippen molar-refractivity contribution < 1.29 is 27.8 Å². The molecule has 3 aromatic rings. The second-order valence-electron chi connectivity index (χ2n) is 5.95. The van der Waals surface area contributed by atoms with Gasteiger partial charge < -0.3 is 19.0 Å². The molecule has 0 bridgehead atoms. The summed E-state index contributed by atoms with van der Waals surface area (Å²) in [6.45, 7) is 1.12. The van der Waals surface area contributed by atoms with E-state index in [1.54, 1.807) is 0 Å². The Morgan fingerprint density at radius 3 is 2.52 bits per heavy atom. The number of benzene rings is 2. The predicted octanol–water partition coefficient (Wildman–Crippen LogP) is 3.49. The van der Waals surface area contributed by atoms with Gasteiger partial charge in [-0.15, -0.1) is 0 Å². The van der Waals surface area contributed by atoms with E-state index in [1.165, 1.54) is 6.07 Å². The van der Waals surface area contributed by atoms with Gasteiger partial charge in [-0.3, -0.25) is 0 Å². The first-order chi connectivity index (χ1) is 12.0. The molecule has 1 aromatic heterocycles. The van der Waals surface area contributed by atoms with Crippen LogP contribution < -0.4 is 10.4 Å². The Bertz CT molecular complexity index is 1020. The van der Waals surface area contributed by atoms with Gasteiger partial charge in [0, 0.05) is 36.4 Å². The van der Waals surface area contributed by atoms with Crippen LogP contribution in [0.3, 0.4) is 0 Å². The van der Waals surface area contributed by atoms with Gasteiger partial charge in [0.05, 0.1) is 24.0 Å². The first kappa shape index (κ1) is 15.8. The Hall–Kier alpha value is -2.67. The largest absolute Gasteiger partial charge is 0.508 e. The summed E-state index contributed by atoms with van der Waals surface area (Å²) in [5.41, 5.74) is -1.05. The number of phenols is 1. The van der Waals surface area contributed by atoms with Crippen molar-refractivity contribution in [1.82, 2.24) is 0 Å². The second-order valence-corrected chi connectivity index (χ2v) is 5.95. The molecule has 7 heteroatoms. The molecule has 1 saturated heterocycles. The number of fused-ring (bicyclic) bond motifs is 3. The van der Waals surface area contributed by atoms with Crippen molar-refractivity contribution in [2.24, 2.45) is 0 Å². The Balaban J connectivity index is 1.90. The van der Waals surface area contributed by atoms with Gasteiger partial charge in [0.15, 0.2) is 0 Å². The van der Waals surface area contributed by atoms with Crippen LogP contribution in [0.4, 0.5) is 8.78 Å². The molecule has 0 spiro atoms. The third kappa shape index (κ3) is 2.80. The fraction of sp³-hybridized carbons (Fsp3) is 0.278. The minimum absolute atomic E-state index is 0.112. The van der Waals surface area contributed by atoms with Gasteiger partial charge in [-0.25, -0.2) is 13.6 Å². The molecule has 0 aliphatic carbocycles. The molecule has 2 aromatic carbocycles. The third-order valence-corrected chi connectivity index (χ3v) is 4.25. The standard InChI is InChI=1S/C18H14F2O5/c19-13-5-9(21)6-15-17(13)16-12(18(22)25-15)7-11(8-14(16)20)24-10-1-3-23-4-2-10/h5-8,10,21H,1-4H2. The highest BCUT2D eigenvalue weighted by Crippen LogP contribution is 2.33. The van der Waals surface area contributed by atoms with Crippen LogP contribution in [-0.4, -0.2) is 24.4 Å². The van der Waals surface area contributed by atoms with Gasteiger partial charge in [0.1, 0.15) is 34.8 Å². The summed E-state index contributed by atoms with van der Waals surface area (Å²) in [6.07, 6.45) is 1.20. The summed E-state index contributed by atoms with van der Waals surface area (Å²) in [7, 11) is 0. The average molecular weight is 348 g/mol. The lowest BCUT2D eigenvalue weighted by atomic mass is 10.1. The third-order valence-electron chi connectivity index (χ3n) is 4.25. The van der Waals surface area contributed by atoms with Gasteiger partial charge in [-0.2, -0.15) is 0 Å². The molecule has 0 amide bonds. The number of aromatic hydroxyl groups is 1. The van der Waals surface area contributed by atoms with Crippen molar-refractivity contribution in [1.29, 1.82) is 0 Å². The van der Waals surface area contributed by atoms with E-state index in [1.807, 2.05) is 0 Å². The van der Waals surface area contributed by atoms with Gasteiger partial charge in [-0.05, 0) is 6.07 Å². The SMILES string of the molecule is O=c1oc2cc(O)cc(F)c2c2c(F)cc(OC3CCOCC3)cc12. The fourth-order valence-electron chi connectivity index (χ4n) is 3.10. The first-order valence-electron chi connectivity index (χ1n) is 7.86. The molecule has 5 nitrogen and oxygen atoms in total. The zero-order chi connectivity index (χ0) is 17.6. The molecule has 4 rings (SSSR count). The molecule has 0 radical (unpaired) electrons. The summed E-state index contributed by atoms with van der Waals surface area (Å²) in [5, 5.41) is 8.95. The van der Waals surface area contributed by atoms with Crippen LogP contribution in [0.25, 0.3) is 21.7 Å². The Morgan fingerprint density at radius 1 is 1.04 bits per heavy atom. The maximum Gasteiger partial charge on any atom is 0.344 e. The van der Waals surface area contributed by atoms with Crippen molar-refractivity contribution in [3.05, 3.63) is 46.3 Å². The van der Waals surface area contributed by atoms with E-state index in [9.17, 15) is 18.7 Å². The molecule has 0 unspecified atom stereocenters. The smallest absolute Gasteiger partial charge is 0.344 e. The summed E-state index contributed by atoms with van der Waals surface area (Å²) in [6, 6.07) is 4.40. The molecule has 1 aliphatic heterocycles. The van der Waals surface area contributed by atoms with E-state index >= 15 is 0 Å². The lowest BCUT2D eigenvalue weighted by Gasteiger charge is -2.23. The molecule has 0 atom stereocenters. The number of hydrogen-bond acceptors (Lipinski definition) is 5. The summed E-state index contributed by atoms with van der Waals surface area (Å²) in [4.78, 5) is 12.2. The quantitative estimate of drug-likeness (QED) is 0.567. The van der Waals surface area contributed by atoms with Crippen molar-refractivity contribution >= 4 is 21.7 Å². The number of ether oxygens (including phenoxy) is 2. The maximum atomic E-state index is 14.7. The van der Waals surface area contributed by atoms with Crippen LogP contribution in [0, 0.1) is 11.6 Å². The monoisotopic (exact) mass is 348 g/mol. The predicted molar refractivity (Wildman–Crippen MR) is 86.0 cm³/mol. The average Bonchev–Trinajstić information content (AvgIpc) is 2.56. The van der Waals surface area contributed by atoms with E-state index in [2.05, 4.69) is 0 Å². The zero-order valence-corrected chi connectivity index (χ0v) is 13.1. The van der Waals surface area contributed by atoms with Crippen LogP contribution in [0.15, 0.2) is 33.5 Å². The van der Waals surface area contributed by atoms with Crippen molar-refractivity contribution in [3.8, 4) is 11.5 Å². The number of halogens is 2. The van der Waals surface area contributed by atoms with Crippen molar-refractivity contribution in [3.63, 3.8) is 0 Å². The molecule has 0 saturated carbocycles. The highest BCUT2D eigenvalue weighted by molar-refractivity contribution is 6.05. The van der Waals surface area contributed by atoms with E-state index < -0.39 is 23.0 Å². The maximum absolute atomic E-state index is 14.7. The molecule has 1 aliphatic rings. The van der Waals surface area contributed by atoms with Gasteiger partial charge >= 0.3 is 5.63 Å². The summed E-state index contributed by atoms with van der Waals surface area (Å²) >= 11 is 0. The zero-order valence-electron chi connectivity index (χ0n) is 13.1. The molecule has 25 heavy (non-hydrogen) atoms. The Kier molecular flexibility index (Phi) is 3.80. The molecule has 2 heterocycles. The van der Waals surface area contributed by atoms with E-state index in [4.69, 9.17) is 13.9 Å². The molecule has 1 fully saturated rings. The number of phenolic OH excluding ortho intramolecular Hbond substituents is 1. The molecule has 130 valence electrons. The van der Waals surface area contributed by atoms with Crippen LogP contribution in [0.5, 0.6) is 11.5 Å². The van der Waals surface area contributed by atoms with Crippen LogP contribution >= 0.6 is 0 Å². The summed E-state index contributed by atoms with van der Waals surface area (Å²) in [5.74, 6) is -1.89. The van der Waals surface area contributed by atoms with Crippen LogP contribution in [0.2, 0.25) is 0 Å². The molecular formula is C18H14F2O5. The van der Waals surface area contributed by atoms with Gasteiger partial charge in [0.25, 0.3) is 0 Å². The molecular weight excluding hydrogens is 334 g/mol. The first-order valence-corrected chi connectivity index (χ1v) is 7.86. The summed E-state index contributed by atoms with van der Waals surface area (Å²) < 4.78 is 44.9. The lowest BCUT2D eigenvalue weighted by Crippen LogP contribution is -2.26. The van der Waals surface area contributed by atoms with E-state index in [-0.39, 0.29) is 33.6 Å². The highest BCUT2D eigenvalue weighted by Gasteiger charge is 2.20. The van der Waals surface area contributed by atoms with Crippen molar-refractivity contribution in [2.75, 3.05) is 13.2 Å². The topological polar surface area (TPSA) is 68.9 Å².